The van der Waals surface area contributed by atoms with Gasteiger partial charge >= 0.3 is 0 Å². The van der Waals surface area contributed by atoms with Crippen LogP contribution in [0.5, 0.6) is 0 Å². The molecule has 2 aromatic heterocycles. The number of ketones is 1. The predicted molar refractivity (Wildman–Crippen MR) is 51.2 cm³/mol. The zero-order chi connectivity index (χ0) is 9.97. The van der Waals surface area contributed by atoms with Crippen molar-refractivity contribution >= 4 is 11.4 Å². The van der Waals surface area contributed by atoms with Gasteiger partial charge in [-0.05, 0) is 7.05 Å². The van der Waals surface area contributed by atoms with Gasteiger partial charge in [0.15, 0.2) is 11.4 Å². The molecule has 0 fully saturated rings. The Balaban J connectivity index is 2.40. The number of rotatable bonds is 3. The van der Waals surface area contributed by atoms with Crippen molar-refractivity contribution < 1.29 is 4.79 Å². The summed E-state index contributed by atoms with van der Waals surface area (Å²) in [7, 11) is 1.73. The molecule has 0 aliphatic carbocycles. The topological polar surface area (TPSA) is 59.3 Å². The highest BCUT2D eigenvalue weighted by Gasteiger charge is 2.08. The summed E-state index contributed by atoms with van der Waals surface area (Å²) in [6, 6.07) is 0. The van der Waals surface area contributed by atoms with Crippen molar-refractivity contribution in [2.45, 2.75) is 0 Å². The molecule has 2 heterocycles. The van der Waals surface area contributed by atoms with Crippen LogP contribution in [0.25, 0.3) is 5.65 Å². The molecule has 5 nitrogen and oxygen atoms in total. The van der Waals surface area contributed by atoms with E-state index >= 15 is 0 Å². The van der Waals surface area contributed by atoms with Gasteiger partial charge in [-0.15, -0.1) is 0 Å². The molecule has 0 aromatic carbocycles. The molecule has 14 heavy (non-hydrogen) atoms. The third-order valence-corrected chi connectivity index (χ3v) is 1.89. The van der Waals surface area contributed by atoms with Crippen LogP contribution in [0.1, 0.15) is 10.5 Å². The van der Waals surface area contributed by atoms with Crippen molar-refractivity contribution in [2.24, 2.45) is 0 Å². The van der Waals surface area contributed by atoms with E-state index in [1.807, 2.05) is 0 Å². The minimum Gasteiger partial charge on any atom is -0.313 e. The van der Waals surface area contributed by atoms with E-state index in [9.17, 15) is 4.79 Å². The summed E-state index contributed by atoms with van der Waals surface area (Å²) in [6.07, 6.45) is 6.74. The molecule has 2 rings (SSSR count). The van der Waals surface area contributed by atoms with E-state index in [0.717, 1.165) is 0 Å². The van der Waals surface area contributed by atoms with E-state index < -0.39 is 0 Å². The SMILES string of the molecule is CNCC(=O)c1cn2ccncc2n1. The Morgan fingerprint density at radius 1 is 1.64 bits per heavy atom. The van der Waals surface area contributed by atoms with Crippen molar-refractivity contribution in [3.8, 4) is 0 Å². The smallest absolute Gasteiger partial charge is 0.196 e. The van der Waals surface area contributed by atoms with Crippen molar-refractivity contribution in [3.05, 3.63) is 30.5 Å². The van der Waals surface area contributed by atoms with Crippen LogP contribution in [-0.2, 0) is 0 Å². The first-order chi connectivity index (χ1) is 6.81. The van der Waals surface area contributed by atoms with E-state index in [0.29, 0.717) is 17.9 Å². The van der Waals surface area contributed by atoms with Gasteiger partial charge in [-0.2, -0.15) is 0 Å². The lowest BCUT2D eigenvalue weighted by Gasteiger charge is -1.92. The second-order valence-corrected chi connectivity index (χ2v) is 2.92. The minimum absolute atomic E-state index is 0.0174. The fourth-order valence-electron chi connectivity index (χ4n) is 1.23. The maximum Gasteiger partial charge on any atom is 0.196 e. The second-order valence-electron chi connectivity index (χ2n) is 2.92. The highest BCUT2D eigenvalue weighted by atomic mass is 16.1. The second kappa shape index (κ2) is 3.55. The van der Waals surface area contributed by atoms with Crippen LogP contribution >= 0.6 is 0 Å². The summed E-state index contributed by atoms with van der Waals surface area (Å²) in [4.78, 5) is 19.5. The van der Waals surface area contributed by atoms with E-state index in [1.165, 1.54) is 0 Å². The molecule has 0 radical (unpaired) electrons. The van der Waals surface area contributed by atoms with Gasteiger partial charge in [0.25, 0.3) is 0 Å². The van der Waals surface area contributed by atoms with E-state index in [4.69, 9.17) is 0 Å². The Kier molecular flexibility index (Phi) is 2.24. The minimum atomic E-state index is -0.0174. The van der Waals surface area contributed by atoms with Gasteiger partial charge in [-0.1, -0.05) is 0 Å². The van der Waals surface area contributed by atoms with Gasteiger partial charge < -0.3 is 9.72 Å². The quantitative estimate of drug-likeness (QED) is 0.699. The van der Waals surface area contributed by atoms with E-state index in [2.05, 4.69) is 15.3 Å². The normalized spacial score (nSPS) is 10.6. The van der Waals surface area contributed by atoms with Crippen LogP contribution in [0.4, 0.5) is 0 Å². The molecule has 0 aliphatic rings. The third kappa shape index (κ3) is 1.49. The maximum absolute atomic E-state index is 11.5. The molecule has 0 atom stereocenters. The van der Waals surface area contributed by atoms with Crippen LogP contribution in [-0.4, -0.2) is 33.7 Å². The fraction of sp³-hybridized carbons (Fsp3) is 0.222. The number of Topliss-reactive ketones (excluding diaryl/α,β-unsaturated/α-hetero) is 1. The molecule has 72 valence electrons. The molecule has 0 unspecified atom stereocenters. The Morgan fingerprint density at radius 3 is 3.21 bits per heavy atom. The zero-order valence-electron chi connectivity index (χ0n) is 7.77. The molecule has 5 heteroatoms. The van der Waals surface area contributed by atoms with Crippen molar-refractivity contribution in [1.29, 1.82) is 0 Å². The lowest BCUT2D eigenvalue weighted by Crippen LogP contribution is -2.18. The molecule has 1 N–H and O–H groups in total. The lowest BCUT2D eigenvalue weighted by molar-refractivity contribution is 0.0989. The number of carbonyl (C=O) groups is 1. The van der Waals surface area contributed by atoms with Gasteiger partial charge in [0.2, 0.25) is 0 Å². The van der Waals surface area contributed by atoms with Gasteiger partial charge in [-0.3, -0.25) is 9.78 Å². The molecule has 0 amide bonds. The number of carbonyl (C=O) groups excluding carboxylic acids is 1. The Morgan fingerprint density at radius 2 is 2.50 bits per heavy atom. The van der Waals surface area contributed by atoms with Crippen LogP contribution in [0.3, 0.4) is 0 Å². The molecule has 0 spiro atoms. The number of aromatic nitrogens is 3. The summed E-state index contributed by atoms with van der Waals surface area (Å²) in [5, 5.41) is 2.80. The van der Waals surface area contributed by atoms with E-state index in [-0.39, 0.29) is 5.78 Å². The molecule has 0 saturated carbocycles. The summed E-state index contributed by atoms with van der Waals surface area (Å²) >= 11 is 0. The maximum atomic E-state index is 11.5. The lowest BCUT2D eigenvalue weighted by atomic mass is 10.3. The summed E-state index contributed by atoms with van der Waals surface area (Å²) in [5.74, 6) is -0.0174. The van der Waals surface area contributed by atoms with Gasteiger partial charge in [0.05, 0.1) is 12.7 Å². The highest BCUT2D eigenvalue weighted by Crippen LogP contribution is 2.03. The van der Waals surface area contributed by atoms with Gasteiger partial charge in [0, 0.05) is 18.6 Å². The molecule has 0 bridgehead atoms. The largest absolute Gasteiger partial charge is 0.313 e. The van der Waals surface area contributed by atoms with Gasteiger partial charge in [-0.25, -0.2) is 4.98 Å². The van der Waals surface area contributed by atoms with Crippen LogP contribution < -0.4 is 5.32 Å². The summed E-state index contributed by atoms with van der Waals surface area (Å²) in [5.41, 5.74) is 1.15. The van der Waals surface area contributed by atoms with Crippen LogP contribution in [0.2, 0.25) is 0 Å². The van der Waals surface area contributed by atoms with Crippen molar-refractivity contribution in [3.63, 3.8) is 0 Å². The number of nitrogens with zero attached hydrogens (tertiary/aromatic N) is 3. The monoisotopic (exact) mass is 190 g/mol. The van der Waals surface area contributed by atoms with Crippen LogP contribution in [0, 0.1) is 0 Å². The molecule has 0 aliphatic heterocycles. The average Bonchev–Trinajstić information content (AvgIpc) is 2.61. The standard InChI is InChI=1S/C9H10N4O/c1-10-4-8(14)7-6-13-3-2-11-5-9(13)12-7/h2-3,5-6,10H,4H2,1H3. The molecular weight excluding hydrogens is 180 g/mol. The fourth-order valence-corrected chi connectivity index (χ4v) is 1.23. The molecular formula is C9H10N4O. The number of fused-ring (bicyclic) bond motifs is 1. The highest BCUT2D eigenvalue weighted by molar-refractivity contribution is 5.96. The number of hydrogen-bond donors (Lipinski definition) is 1. The number of likely N-dealkylation sites (N-methyl/N-ethyl adjacent to an activating group) is 1. The zero-order valence-corrected chi connectivity index (χ0v) is 7.77. The first-order valence-electron chi connectivity index (χ1n) is 4.28. The Bertz CT molecular complexity index is 430. The third-order valence-electron chi connectivity index (χ3n) is 1.89. The number of nitrogens with one attached hydrogen (secondary N) is 1. The molecule has 2 aromatic rings. The summed E-state index contributed by atoms with van der Waals surface area (Å²) < 4.78 is 1.77. The number of hydrogen-bond acceptors (Lipinski definition) is 4. The van der Waals surface area contributed by atoms with Crippen molar-refractivity contribution in [1.82, 2.24) is 19.7 Å². The van der Waals surface area contributed by atoms with Gasteiger partial charge in [0.1, 0.15) is 5.69 Å². The summed E-state index contributed by atoms with van der Waals surface area (Å²) in [6.45, 7) is 0.303. The van der Waals surface area contributed by atoms with E-state index in [1.54, 1.807) is 36.2 Å². The predicted octanol–water partition coefficient (Wildman–Crippen LogP) is 0.131. The van der Waals surface area contributed by atoms with Crippen LogP contribution in [0.15, 0.2) is 24.8 Å². The van der Waals surface area contributed by atoms with Crippen molar-refractivity contribution in [2.75, 3.05) is 13.6 Å². The first-order valence-corrected chi connectivity index (χ1v) is 4.28. The number of imidazole rings is 1. The average molecular weight is 190 g/mol. The first kappa shape index (κ1) is 8.83. The molecule has 0 saturated heterocycles. The Labute approximate surface area is 80.8 Å². The Hall–Kier alpha value is -1.75.